The van der Waals surface area contributed by atoms with E-state index >= 15 is 0 Å². The van der Waals surface area contributed by atoms with Gasteiger partial charge in [-0.05, 0) is 44.9 Å². The van der Waals surface area contributed by atoms with E-state index in [-0.39, 0.29) is 17.7 Å². The molecule has 2 amide bonds. The second-order valence-corrected chi connectivity index (χ2v) is 7.42. The van der Waals surface area contributed by atoms with Crippen LogP contribution in [0, 0.1) is 11.6 Å². The molecule has 0 radical (unpaired) electrons. The Balaban J connectivity index is 2.20. The van der Waals surface area contributed by atoms with Gasteiger partial charge in [-0.25, -0.2) is 13.6 Å². The fourth-order valence-electron chi connectivity index (χ4n) is 2.65. The number of halogens is 2. The number of hydrogen-bond donors (Lipinski definition) is 0. The molecule has 0 atom stereocenters. The number of ether oxygens (including phenoxy) is 1. The van der Waals surface area contributed by atoms with Gasteiger partial charge in [0.15, 0.2) is 0 Å². The van der Waals surface area contributed by atoms with Gasteiger partial charge in [-0.3, -0.25) is 4.79 Å². The quantitative estimate of drug-likeness (QED) is 0.802. The zero-order valence-corrected chi connectivity index (χ0v) is 15.7. The third-order valence-corrected chi connectivity index (χ3v) is 3.88. The Morgan fingerprint density at radius 3 is 2.15 bits per heavy atom. The van der Waals surface area contributed by atoms with Crippen LogP contribution in [-0.2, 0) is 4.74 Å². The highest BCUT2D eigenvalue weighted by atomic mass is 19.1. The second kappa shape index (κ2) is 7.43. The van der Waals surface area contributed by atoms with Crippen molar-refractivity contribution in [1.82, 2.24) is 9.80 Å². The lowest BCUT2D eigenvalue weighted by molar-refractivity contribution is 0.0270. The molecule has 1 aromatic carbocycles. The van der Waals surface area contributed by atoms with Gasteiger partial charge in [0.2, 0.25) is 0 Å². The first kappa shape index (κ1) is 19.9. The molecule has 1 heterocycles. The van der Waals surface area contributed by atoms with Crippen molar-refractivity contribution in [2.75, 3.05) is 27.2 Å². The third-order valence-electron chi connectivity index (χ3n) is 3.88. The molecule has 26 heavy (non-hydrogen) atoms. The van der Waals surface area contributed by atoms with Gasteiger partial charge in [-0.15, -0.1) is 0 Å². The Hall–Kier alpha value is -2.44. The number of benzene rings is 1. The van der Waals surface area contributed by atoms with E-state index in [2.05, 4.69) is 0 Å². The molecule has 0 saturated carbocycles. The van der Waals surface area contributed by atoms with Gasteiger partial charge < -0.3 is 14.5 Å². The van der Waals surface area contributed by atoms with Gasteiger partial charge in [0.1, 0.15) is 17.2 Å². The lowest BCUT2D eigenvalue weighted by Crippen LogP contribution is -2.39. The van der Waals surface area contributed by atoms with Crippen molar-refractivity contribution in [2.45, 2.75) is 32.8 Å². The Bertz CT molecular complexity index is 729. The minimum atomic E-state index is -0.785. The zero-order valence-electron chi connectivity index (χ0n) is 15.7. The van der Waals surface area contributed by atoms with E-state index in [1.54, 1.807) is 26.8 Å². The average molecular weight is 366 g/mol. The Morgan fingerprint density at radius 1 is 1.15 bits per heavy atom. The highest BCUT2D eigenvalue weighted by Crippen LogP contribution is 2.29. The predicted octanol–water partition coefficient (Wildman–Crippen LogP) is 3.69. The van der Waals surface area contributed by atoms with Crippen molar-refractivity contribution in [3.8, 4) is 0 Å². The Labute approximate surface area is 152 Å². The van der Waals surface area contributed by atoms with Gasteiger partial charge in [-0.1, -0.05) is 6.08 Å². The van der Waals surface area contributed by atoms with E-state index in [0.29, 0.717) is 18.5 Å². The number of amides is 2. The molecule has 0 fully saturated rings. The first-order valence-corrected chi connectivity index (χ1v) is 8.37. The SMILES string of the molecule is CN(C)C(=O)c1cc(F)c(C2=CCN(C(=O)OC(C)(C)C)CC2)c(F)c1. The molecule has 1 aliphatic rings. The smallest absolute Gasteiger partial charge is 0.410 e. The van der Waals surface area contributed by atoms with E-state index in [0.717, 1.165) is 12.1 Å². The minimum absolute atomic E-state index is 0.0412. The van der Waals surface area contributed by atoms with E-state index < -0.39 is 29.2 Å². The molecule has 0 unspecified atom stereocenters. The van der Waals surface area contributed by atoms with Gasteiger partial charge in [0.25, 0.3) is 5.91 Å². The van der Waals surface area contributed by atoms with Gasteiger partial charge in [0, 0.05) is 38.3 Å². The molecule has 0 aromatic heterocycles. The maximum Gasteiger partial charge on any atom is 0.410 e. The normalized spacial score (nSPS) is 14.7. The van der Waals surface area contributed by atoms with E-state index in [1.165, 1.54) is 23.9 Å². The maximum absolute atomic E-state index is 14.4. The summed E-state index contributed by atoms with van der Waals surface area (Å²) in [6.45, 7) is 5.84. The number of carbonyl (C=O) groups excluding carboxylic acids is 2. The molecule has 7 heteroatoms. The number of nitrogens with zero attached hydrogens (tertiary/aromatic N) is 2. The lowest BCUT2D eigenvalue weighted by Gasteiger charge is -2.29. The summed E-state index contributed by atoms with van der Waals surface area (Å²) in [7, 11) is 3.03. The first-order valence-electron chi connectivity index (χ1n) is 8.37. The van der Waals surface area contributed by atoms with E-state index in [4.69, 9.17) is 4.74 Å². The molecule has 142 valence electrons. The molecule has 0 spiro atoms. The van der Waals surface area contributed by atoms with E-state index in [1.807, 2.05) is 0 Å². The van der Waals surface area contributed by atoms with Gasteiger partial charge in [-0.2, -0.15) is 0 Å². The summed E-state index contributed by atoms with van der Waals surface area (Å²) in [5.41, 5.74) is -0.318. The summed E-state index contributed by atoms with van der Waals surface area (Å²) in [6.07, 6.45) is 1.46. The molecule has 5 nitrogen and oxygen atoms in total. The molecular formula is C19H24F2N2O3. The van der Waals surface area contributed by atoms with Crippen LogP contribution in [0.25, 0.3) is 5.57 Å². The summed E-state index contributed by atoms with van der Waals surface area (Å²) in [4.78, 5) is 26.7. The summed E-state index contributed by atoms with van der Waals surface area (Å²) < 4.78 is 34.2. The van der Waals surface area contributed by atoms with Crippen molar-refractivity contribution in [3.63, 3.8) is 0 Å². The number of carbonyl (C=O) groups is 2. The highest BCUT2D eigenvalue weighted by Gasteiger charge is 2.26. The molecule has 0 aliphatic carbocycles. The van der Waals surface area contributed by atoms with Crippen LogP contribution in [0.3, 0.4) is 0 Å². The minimum Gasteiger partial charge on any atom is -0.444 e. The molecule has 2 rings (SSSR count). The largest absolute Gasteiger partial charge is 0.444 e. The maximum atomic E-state index is 14.4. The molecule has 0 bridgehead atoms. The molecule has 0 N–H and O–H groups in total. The third kappa shape index (κ3) is 4.59. The van der Waals surface area contributed by atoms with Gasteiger partial charge >= 0.3 is 6.09 Å². The average Bonchev–Trinajstić information content (AvgIpc) is 2.52. The molecule has 0 saturated heterocycles. The Kier molecular flexibility index (Phi) is 5.68. The first-order chi connectivity index (χ1) is 12.0. The van der Waals surface area contributed by atoms with Crippen LogP contribution in [0.2, 0.25) is 0 Å². The van der Waals surface area contributed by atoms with Crippen LogP contribution in [0.5, 0.6) is 0 Å². The van der Waals surface area contributed by atoms with Crippen LogP contribution in [0.15, 0.2) is 18.2 Å². The molecule has 1 aromatic rings. The van der Waals surface area contributed by atoms with Crippen LogP contribution >= 0.6 is 0 Å². The second-order valence-electron chi connectivity index (χ2n) is 7.42. The van der Waals surface area contributed by atoms with Crippen LogP contribution in [0.4, 0.5) is 13.6 Å². The lowest BCUT2D eigenvalue weighted by atomic mass is 9.97. The molecular weight excluding hydrogens is 342 g/mol. The van der Waals surface area contributed by atoms with E-state index in [9.17, 15) is 18.4 Å². The standard InChI is InChI=1S/C19H24F2N2O3/c1-19(2,3)26-18(25)23-8-6-12(7-9-23)16-14(20)10-13(11-15(16)21)17(24)22(4)5/h6,10-11H,7-9H2,1-5H3. The summed E-state index contributed by atoms with van der Waals surface area (Å²) >= 11 is 0. The van der Waals surface area contributed by atoms with Gasteiger partial charge in [0.05, 0.1) is 0 Å². The number of hydrogen-bond acceptors (Lipinski definition) is 3. The van der Waals surface area contributed by atoms with Crippen LogP contribution < -0.4 is 0 Å². The van der Waals surface area contributed by atoms with Crippen molar-refractivity contribution in [1.29, 1.82) is 0 Å². The summed E-state index contributed by atoms with van der Waals surface area (Å²) in [6, 6.07) is 2.09. The van der Waals surface area contributed by atoms with Crippen molar-refractivity contribution >= 4 is 17.6 Å². The fraction of sp³-hybridized carbons (Fsp3) is 0.474. The van der Waals surface area contributed by atoms with Crippen molar-refractivity contribution in [3.05, 3.63) is 41.0 Å². The van der Waals surface area contributed by atoms with Crippen LogP contribution in [0.1, 0.15) is 43.1 Å². The fourth-order valence-corrected chi connectivity index (χ4v) is 2.65. The van der Waals surface area contributed by atoms with Crippen molar-refractivity contribution in [2.24, 2.45) is 0 Å². The summed E-state index contributed by atoms with van der Waals surface area (Å²) in [5, 5.41) is 0. The monoisotopic (exact) mass is 366 g/mol. The Morgan fingerprint density at radius 2 is 1.73 bits per heavy atom. The zero-order chi connectivity index (χ0) is 19.6. The number of rotatable bonds is 2. The highest BCUT2D eigenvalue weighted by molar-refractivity contribution is 5.94. The topological polar surface area (TPSA) is 49.9 Å². The predicted molar refractivity (Wildman–Crippen MR) is 94.8 cm³/mol. The van der Waals surface area contributed by atoms with Crippen molar-refractivity contribution < 1.29 is 23.1 Å². The van der Waals surface area contributed by atoms with Crippen LogP contribution in [-0.4, -0.2) is 54.6 Å². The summed E-state index contributed by atoms with van der Waals surface area (Å²) in [5.74, 6) is -2.04. The molecule has 1 aliphatic heterocycles.